The van der Waals surface area contributed by atoms with E-state index in [1.54, 1.807) is 11.1 Å². The van der Waals surface area contributed by atoms with Crippen LogP contribution in [-0.2, 0) is 0 Å². The number of benzene rings is 2. The van der Waals surface area contributed by atoms with Crippen molar-refractivity contribution in [1.29, 1.82) is 0 Å². The third-order valence-electron chi connectivity index (χ3n) is 4.65. The van der Waals surface area contributed by atoms with Crippen LogP contribution in [0.25, 0.3) is 5.57 Å². The van der Waals surface area contributed by atoms with Crippen molar-refractivity contribution in [2.45, 2.75) is 12.3 Å². The van der Waals surface area contributed by atoms with E-state index in [-0.39, 0.29) is 0 Å². The van der Waals surface area contributed by atoms with Crippen molar-refractivity contribution >= 4 is 5.57 Å². The SMILES string of the molecule is CN1CCC2=C(C1)[C@@H](c1ccccc1)c1ccccc12. The van der Waals surface area contributed by atoms with Gasteiger partial charge in [0.05, 0.1) is 0 Å². The minimum atomic E-state index is 0.463. The number of nitrogens with zero attached hydrogens (tertiary/aromatic N) is 1. The molecule has 2 aromatic rings. The summed E-state index contributed by atoms with van der Waals surface area (Å²) in [5, 5.41) is 0. The van der Waals surface area contributed by atoms with E-state index in [0.29, 0.717) is 5.92 Å². The summed E-state index contributed by atoms with van der Waals surface area (Å²) >= 11 is 0. The highest BCUT2D eigenvalue weighted by Gasteiger charge is 2.34. The second kappa shape index (κ2) is 4.60. The number of fused-ring (bicyclic) bond motifs is 2. The fourth-order valence-corrected chi connectivity index (χ4v) is 3.74. The van der Waals surface area contributed by atoms with E-state index in [2.05, 4.69) is 66.5 Å². The molecule has 0 aromatic heterocycles. The molecule has 1 aliphatic heterocycles. The molecule has 0 spiro atoms. The normalized spacial score (nSPS) is 21.8. The Bertz CT molecular complexity index is 669. The maximum atomic E-state index is 2.45. The first-order chi connectivity index (χ1) is 9.84. The zero-order chi connectivity index (χ0) is 13.5. The molecule has 0 saturated heterocycles. The zero-order valence-electron chi connectivity index (χ0n) is 11.8. The number of likely N-dealkylation sites (N-methyl/N-ethyl adjacent to an activating group) is 1. The molecule has 1 heterocycles. The molecule has 0 saturated carbocycles. The summed E-state index contributed by atoms with van der Waals surface area (Å²) in [7, 11) is 2.23. The van der Waals surface area contributed by atoms with Gasteiger partial charge < -0.3 is 4.90 Å². The van der Waals surface area contributed by atoms with Crippen LogP contribution in [0.15, 0.2) is 60.2 Å². The highest BCUT2D eigenvalue weighted by atomic mass is 15.1. The molecule has 0 bridgehead atoms. The quantitative estimate of drug-likeness (QED) is 0.752. The molecule has 0 unspecified atom stereocenters. The smallest absolute Gasteiger partial charge is 0.0323 e. The largest absolute Gasteiger partial charge is 0.302 e. The predicted octanol–water partition coefficient (Wildman–Crippen LogP) is 3.92. The van der Waals surface area contributed by atoms with Gasteiger partial charge in [0.15, 0.2) is 0 Å². The highest BCUT2D eigenvalue weighted by Crippen LogP contribution is 2.48. The van der Waals surface area contributed by atoms with E-state index in [0.717, 1.165) is 6.54 Å². The monoisotopic (exact) mass is 261 g/mol. The number of hydrogen-bond acceptors (Lipinski definition) is 1. The van der Waals surface area contributed by atoms with E-state index in [4.69, 9.17) is 0 Å². The van der Waals surface area contributed by atoms with Gasteiger partial charge in [-0.25, -0.2) is 0 Å². The molecule has 0 radical (unpaired) electrons. The summed E-state index contributed by atoms with van der Waals surface area (Å²) in [6.45, 7) is 2.28. The second-order valence-electron chi connectivity index (χ2n) is 5.92. The first-order valence-electron chi connectivity index (χ1n) is 7.39. The van der Waals surface area contributed by atoms with Crippen LogP contribution in [-0.4, -0.2) is 25.0 Å². The van der Waals surface area contributed by atoms with Crippen molar-refractivity contribution in [1.82, 2.24) is 4.90 Å². The number of rotatable bonds is 1. The van der Waals surface area contributed by atoms with Gasteiger partial charge >= 0.3 is 0 Å². The van der Waals surface area contributed by atoms with E-state index < -0.39 is 0 Å². The summed E-state index contributed by atoms with van der Waals surface area (Å²) in [6.07, 6.45) is 1.19. The molecule has 0 fully saturated rings. The molecular formula is C19H19N. The Labute approximate surface area is 120 Å². The molecule has 0 amide bonds. The third-order valence-corrected chi connectivity index (χ3v) is 4.65. The minimum absolute atomic E-state index is 0.463. The van der Waals surface area contributed by atoms with Crippen molar-refractivity contribution in [3.63, 3.8) is 0 Å². The van der Waals surface area contributed by atoms with Gasteiger partial charge in [-0.1, -0.05) is 54.6 Å². The zero-order valence-corrected chi connectivity index (χ0v) is 11.8. The molecule has 2 aliphatic rings. The van der Waals surface area contributed by atoms with Crippen molar-refractivity contribution in [3.05, 3.63) is 76.9 Å². The molecule has 1 atom stereocenters. The summed E-state index contributed by atoms with van der Waals surface area (Å²) in [5.41, 5.74) is 7.64. The third kappa shape index (κ3) is 1.74. The van der Waals surface area contributed by atoms with E-state index >= 15 is 0 Å². The van der Waals surface area contributed by atoms with Gasteiger partial charge in [0, 0.05) is 19.0 Å². The van der Waals surface area contributed by atoms with Crippen LogP contribution in [0, 0.1) is 0 Å². The average Bonchev–Trinajstić information content (AvgIpc) is 2.81. The Hall–Kier alpha value is -1.86. The summed E-state index contributed by atoms with van der Waals surface area (Å²) < 4.78 is 0. The van der Waals surface area contributed by atoms with Crippen molar-refractivity contribution in [2.75, 3.05) is 20.1 Å². The van der Waals surface area contributed by atoms with Gasteiger partial charge in [0.1, 0.15) is 0 Å². The lowest BCUT2D eigenvalue weighted by Gasteiger charge is -2.27. The molecule has 2 aromatic carbocycles. The Morgan fingerprint density at radius 1 is 0.950 bits per heavy atom. The summed E-state index contributed by atoms with van der Waals surface area (Å²) in [4.78, 5) is 2.45. The highest BCUT2D eigenvalue weighted by molar-refractivity contribution is 5.81. The van der Waals surface area contributed by atoms with Gasteiger partial charge in [0.2, 0.25) is 0 Å². The fraction of sp³-hybridized carbons (Fsp3) is 0.263. The van der Waals surface area contributed by atoms with E-state index in [9.17, 15) is 0 Å². The van der Waals surface area contributed by atoms with Crippen LogP contribution in [0.5, 0.6) is 0 Å². The van der Waals surface area contributed by atoms with Crippen molar-refractivity contribution in [3.8, 4) is 0 Å². The van der Waals surface area contributed by atoms with Crippen LogP contribution in [0.1, 0.15) is 29.0 Å². The predicted molar refractivity (Wildman–Crippen MR) is 83.8 cm³/mol. The summed E-state index contributed by atoms with van der Waals surface area (Å²) in [6, 6.07) is 19.9. The molecule has 0 N–H and O–H groups in total. The lowest BCUT2D eigenvalue weighted by molar-refractivity contribution is 0.356. The maximum Gasteiger partial charge on any atom is 0.0323 e. The van der Waals surface area contributed by atoms with E-state index in [1.807, 2.05) is 0 Å². The number of hydrogen-bond donors (Lipinski definition) is 0. The molecule has 4 rings (SSSR count). The first-order valence-corrected chi connectivity index (χ1v) is 7.39. The molecule has 1 nitrogen and oxygen atoms in total. The lowest BCUT2D eigenvalue weighted by Crippen LogP contribution is -2.27. The van der Waals surface area contributed by atoms with Crippen LogP contribution in [0.2, 0.25) is 0 Å². The molecular weight excluding hydrogens is 242 g/mol. The average molecular weight is 261 g/mol. The van der Waals surface area contributed by atoms with Crippen molar-refractivity contribution in [2.24, 2.45) is 0 Å². The minimum Gasteiger partial charge on any atom is -0.302 e. The van der Waals surface area contributed by atoms with E-state index in [1.165, 1.54) is 29.7 Å². The second-order valence-corrected chi connectivity index (χ2v) is 5.92. The topological polar surface area (TPSA) is 3.24 Å². The van der Waals surface area contributed by atoms with Gasteiger partial charge in [0.25, 0.3) is 0 Å². The van der Waals surface area contributed by atoms with Gasteiger partial charge in [-0.05, 0) is 41.3 Å². The summed E-state index contributed by atoms with van der Waals surface area (Å²) in [5.74, 6) is 0.463. The van der Waals surface area contributed by atoms with Gasteiger partial charge in [-0.15, -0.1) is 0 Å². The van der Waals surface area contributed by atoms with Crippen LogP contribution < -0.4 is 0 Å². The van der Waals surface area contributed by atoms with Gasteiger partial charge in [-0.3, -0.25) is 0 Å². The molecule has 20 heavy (non-hydrogen) atoms. The van der Waals surface area contributed by atoms with Crippen LogP contribution in [0.3, 0.4) is 0 Å². The Kier molecular flexibility index (Phi) is 2.75. The maximum absolute atomic E-state index is 2.45. The Morgan fingerprint density at radius 3 is 2.55 bits per heavy atom. The lowest BCUT2D eigenvalue weighted by atomic mass is 9.87. The fourth-order valence-electron chi connectivity index (χ4n) is 3.74. The van der Waals surface area contributed by atoms with Crippen molar-refractivity contribution < 1.29 is 0 Å². The van der Waals surface area contributed by atoms with Crippen LogP contribution in [0.4, 0.5) is 0 Å². The first kappa shape index (κ1) is 11.9. The molecule has 100 valence electrons. The molecule has 1 aliphatic carbocycles. The standard InChI is InChI=1S/C19H19N/c1-20-12-11-16-15-9-5-6-10-17(15)19(18(16)13-20)14-7-3-2-4-8-14/h2-10,19H,11-13H2,1H3/t19-/m0/s1. The Balaban J connectivity index is 1.90. The molecule has 1 heteroatoms. The van der Waals surface area contributed by atoms with Crippen LogP contribution >= 0.6 is 0 Å². The Morgan fingerprint density at radius 2 is 1.70 bits per heavy atom. The van der Waals surface area contributed by atoms with Gasteiger partial charge in [-0.2, -0.15) is 0 Å².